The lowest BCUT2D eigenvalue weighted by Crippen LogP contribution is -2.41. The molecule has 1 aromatic carbocycles. The van der Waals surface area contributed by atoms with Crippen LogP contribution < -0.4 is 5.32 Å². The zero-order chi connectivity index (χ0) is 17.6. The summed E-state index contributed by atoms with van der Waals surface area (Å²) in [4.78, 5) is 20.2. The second-order valence-corrected chi connectivity index (χ2v) is 7.46. The molecule has 1 fully saturated rings. The van der Waals surface area contributed by atoms with Crippen molar-refractivity contribution in [2.75, 3.05) is 39.4 Å². The molecule has 0 saturated carbocycles. The minimum Gasteiger partial charge on any atom is -0.379 e. The number of benzene rings is 1. The molecule has 1 aliphatic heterocycles. The number of hydrogen-bond donors (Lipinski definition) is 1. The number of amides is 1. The number of hydrogen-bond acceptors (Lipinski definition) is 5. The number of ether oxygens (including phenoxy) is 1. The number of carbonyl (C=O) groups is 1. The lowest BCUT2D eigenvalue weighted by atomic mass is 10.1. The maximum atomic E-state index is 12.2. The van der Waals surface area contributed by atoms with E-state index in [2.05, 4.69) is 40.3 Å². The average Bonchev–Trinajstić information content (AvgIpc) is 2.96. The van der Waals surface area contributed by atoms with Crippen molar-refractivity contribution in [1.82, 2.24) is 15.2 Å². The lowest BCUT2D eigenvalue weighted by Gasteiger charge is -2.26. The number of morpholine rings is 1. The van der Waals surface area contributed by atoms with Gasteiger partial charge in [-0.3, -0.25) is 9.69 Å². The Kier molecular flexibility index (Phi) is 6.18. The number of nitrogens with one attached hydrogen (secondary N) is 1. The van der Waals surface area contributed by atoms with E-state index in [0.717, 1.165) is 54.0 Å². The summed E-state index contributed by atoms with van der Waals surface area (Å²) in [5, 5.41) is 4.00. The van der Waals surface area contributed by atoms with Crippen LogP contribution in [-0.2, 0) is 16.0 Å². The summed E-state index contributed by atoms with van der Waals surface area (Å²) in [7, 11) is 0. The zero-order valence-corrected chi connectivity index (χ0v) is 15.7. The number of carbonyl (C=O) groups excluding carboxylic acids is 1. The fourth-order valence-corrected chi connectivity index (χ4v) is 3.94. The molecule has 3 rings (SSSR count). The molecular formula is C19H25N3O2S. The summed E-state index contributed by atoms with van der Waals surface area (Å²) in [5.41, 5.74) is 3.28. The Morgan fingerprint density at radius 2 is 2.12 bits per heavy atom. The molecule has 0 bridgehead atoms. The third-order valence-electron chi connectivity index (χ3n) is 4.33. The van der Waals surface area contributed by atoms with Gasteiger partial charge in [0.15, 0.2) is 0 Å². The van der Waals surface area contributed by atoms with E-state index >= 15 is 0 Å². The summed E-state index contributed by atoms with van der Waals surface area (Å²) >= 11 is 1.61. The summed E-state index contributed by atoms with van der Waals surface area (Å²) in [6, 6.07) is 8.31. The van der Waals surface area contributed by atoms with Crippen molar-refractivity contribution in [3.8, 4) is 10.6 Å². The zero-order valence-electron chi connectivity index (χ0n) is 14.9. The van der Waals surface area contributed by atoms with Gasteiger partial charge in [0, 0.05) is 36.6 Å². The van der Waals surface area contributed by atoms with E-state index < -0.39 is 0 Å². The van der Waals surface area contributed by atoms with Crippen molar-refractivity contribution in [2.24, 2.45) is 0 Å². The SMILES string of the molecule is Cc1cccc(-c2nc(C)c(CC(=O)NCCN3CCOCC3)s2)c1. The van der Waals surface area contributed by atoms with Crippen LogP contribution in [0.2, 0.25) is 0 Å². The number of rotatable bonds is 6. The van der Waals surface area contributed by atoms with Crippen molar-refractivity contribution in [1.29, 1.82) is 0 Å². The van der Waals surface area contributed by atoms with Gasteiger partial charge in [0.2, 0.25) is 5.91 Å². The van der Waals surface area contributed by atoms with Crippen LogP contribution in [0.5, 0.6) is 0 Å². The Morgan fingerprint density at radius 3 is 2.88 bits per heavy atom. The highest BCUT2D eigenvalue weighted by atomic mass is 32.1. The van der Waals surface area contributed by atoms with Gasteiger partial charge in [-0.15, -0.1) is 11.3 Å². The van der Waals surface area contributed by atoms with E-state index in [-0.39, 0.29) is 5.91 Å². The van der Waals surface area contributed by atoms with E-state index in [0.29, 0.717) is 13.0 Å². The molecule has 1 saturated heterocycles. The molecule has 0 spiro atoms. The summed E-state index contributed by atoms with van der Waals surface area (Å²) in [6.45, 7) is 9.09. The van der Waals surface area contributed by atoms with Gasteiger partial charge in [-0.2, -0.15) is 0 Å². The topological polar surface area (TPSA) is 54.5 Å². The molecule has 2 heterocycles. The van der Waals surface area contributed by atoms with Crippen molar-refractivity contribution < 1.29 is 9.53 Å². The van der Waals surface area contributed by atoms with Gasteiger partial charge in [-0.05, 0) is 19.9 Å². The Bertz CT molecular complexity index is 723. The van der Waals surface area contributed by atoms with Gasteiger partial charge in [0.1, 0.15) is 5.01 Å². The Labute approximate surface area is 153 Å². The summed E-state index contributed by atoms with van der Waals surface area (Å²) in [6.07, 6.45) is 0.401. The molecule has 5 nitrogen and oxygen atoms in total. The molecule has 1 aromatic heterocycles. The van der Waals surface area contributed by atoms with Crippen LogP contribution in [0.1, 0.15) is 16.1 Å². The van der Waals surface area contributed by atoms with Crippen LogP contribution in [0.3, 0.4) is 0 Å². The van der Waals surface area contributed by atoms with Crippen molar-refractivity contribution in [3.05, 3.63) is 40.4 Å². The first-order valence-corrected chi connectivity index (χ1v) is 9.53. The van der Waals surface area contributed by atoms with Gasteiger partial charge in [0.05, 0.1) is 25.3 Å². The largest absolute Gasteiger partial charge is 0.379 e. The van der Waals surface area contributed by atoms with Crippen molar-refractivity contribution in [3.63, 3.8) is 0 Å². The van der Waals surface area contributed by atoms with Gasteiger partial charge >= 0.3 is 0 Å². The number of aryl methyl sites for hydroxylation is 2. The van der Waals surface area contributed by atoms with Crippen molar-refractivity contribution >= 4 is 17.2 Å². The van der Waals surface area contributed by atoms with E-state index in [1.807, 2.05) is 13.0 Å². The molecule has 2 aromatic rings. The fourth-order valence-electron chi connectivity index (χ4n) is 2.88. The Morgan fingerprint density at radius 1 is 1.32 bits per heavy atom. The fraction of sp³-hybridized carbons (Fsp3) is 0.474. The van der Waals surface area contributed by atoms with Crippen LogP contribution in [-0.4, -0.2) is 55.2 Å². The molecule has 0 aliphatic carbocycles. The van der Waals surface area contributed by atoms with Crippen LogP contribution >= 0.6 is 11.3 Å². The quantitative estimate of drug-likeness (QED) is 0.861. The molecular weight excluding hydrogens is 334 g/mol. The normalized spacial score (nSPS) is 15.3. The monoisotopic (exact) mass is 359 g/mol. The van der Waals surface area contributed by atoms with Crippen LogP contribution in [0, 0.1) is 13.8 Å². The molecule has 0 unspecified atom stereocenters. The second kappa shape index (κ2) is 8.56. The Hall–Kier alpha value is -1.76. The van der Waals surface area contributed by atoms with Gasteiger partial charge in [0.25, 0.3) is 0 Å². The van der Waals surface area contributed by atoms with E-state index in [9.17, 15) is 4.79 Å². The average molecular weight is 359 g/mol. The van der Waals surface area contributed by atoms with Gasteiger partial charge in [-0.1, -0.05) is 23.8 Å². The van der Waals surface area contributed by atoms with E-state index in [4.69, 9.17) is 4.74 Å². The third-order valence-corrected chi connectivity index (χ3v) is 5.54. The minimum atomic E-state index is 0.0656. The molecule has 6 heteroatoms. The third kappa shape index (κ3) is 5.11. The summed E-state index contributed by atoms with van der Waals surface area (Å²) in [5.74, 6) is 0.0656. The molecule has 25 heavy (non-hydrogen) atoms. The van der Waals surface area contributed by atoms with Gasteiger partial charge in [-0.25, -0.2) is 4.98 Å². The maximum absolute atomic E-state index is 12.2. The van der Waals surface area contributed by atoms with Crippen molar-refractivity contribution in [2.45, 2.75) is 20.3 Å². The van der Waals surface area contributed by atoms with E-state index in [1.54, 1.807) is 11.3 Å². The van der Waals surface area contributed by atoms with Crippen LogP contribution in [0.25, 0.3) is 10.6 Å². The summed E-state index contributed by atoms with van der Waals surface area (Å²) < 4.78 is 5.33. The predicted octanol–water partition coefficient (Wildman–Crippen LogP) is 2.42. The molecule has 1 N–H and O–H groups in total. The number of thiazole rings is 1. The molecule has 134 valence electrons. The van der Waals surface area contributed by atoms with Crippen LogP contribution in [0.15, 0.2) is 24.3 Å². The first-order chi connectivity index (χ1) is 12.1. The first kappa shape index (κ1) is 18.0. The highest BCUT2D eigenvalue weighted by molar-refractivity contribution is 7.15. The molecule has 1 amide bonds. The van der Waals surface area contributed by atoms with Gasteiger partial charge < -0.3 is 10.1 Å². The number of nitrogens with zero attached hydrogens (tertiary/aromatic N) is 2. The number of aromatic nitrogens is 1. The highest BCUT2D eigenvalue weighted by Crippen LogP contribution is 2.28. The second-order valence-electron chi connectivity index (χ2n) is 6.38. The highest BCUT2D eigenvalue weighted by Gasteiger charge is 2.14. The van der Waals surface area contributed by atoms with E-state index in [1.165, 1.54) is 5.56 Å². The predicted molar refractivity (Wildman–Crippen MR) is 101 cm³/mol. The van der Waals surface area contributed by atoms with Crippen LogP contribution in [0.4, 0.5) is 0 Å². The Balaban J connectivity index is 1.52. The standard InChI is InChI=1S/C19H25N3O2S/c1-14-4-3-5-16(12-14)19-21-15(2)17(25-19)13-18(23)20-6-7-22-8-10-24-11-9-22/h3-5,12H,6-11,13H2,1-2H3,(H,20,23). The molecule has 1 aliphatic rings. The molecule has 0 atom stereocenters. The smallest absolute Gasteiger partial charge is 0.225 e. The first-order valence-electron chi connectivity index (χ1n) is 8.72. The lowest BCUT2D eigenvalue weighted by molar-refractivity contribution is -0.120. The maximum Gasteiger partial charge on any atom is 0.225 e. The molecule has 0 radical (unpaired) electrons. The minimum absolute atomic E-state index is 0.0656.